The number of sulfonamides is 1. The molecule has 0 heterocycles. The van der Waals surface area contributed by atoms with Crippen molar-refractivity contribution >= 4 is 27.5 Å². The van der Waals surface area contributed by atoms with Crippen LogP contribution in [-0.2, 0) is 26.0 Å². The molecular weight excluding hydrogens is 486 g/mol. The van der Waals surface area contributed by atoms with Gasteiger partial charge in [-0.05, 0) is 49.3 Å². The quantitative estimate of drug-likeness (QED) is 0.467. The van der Waals surface area contributed by atoms with Gasteiger partial charge in [-0.15, -0.1) is 0 Å². The van der Waals surface area contributed by atoms with Crippen LogP contribution in [0.4, 0.5) is 5.69 Å². The zero-order valence-corrected chi connectivity index (χ0v) is 23.3. The second kappa shape index (κ2) is 13.1. The summed E-state index contributed by atoms with van der Waals surface area (Å²) in [5.41, 5.74) is 2.39. The van der Waals surface area contributed by atoms with Gasteiger partial charge in [0.2, 0.25) is 21.8 Å². The van der Waals surface area contributed by atoms with Crippen molar-refractivity contribution in [2.75, 3.05) is 23.7 Å². The zero-order valence-electron chi connectivity index (χ0n) is 22.5. The van der Waals surface area contributed by atoms with Crippen LogP contribution < -0.4 is 9.62 Å². The molecule has 0 spiro atoms. The Hall–Kier alpha value is -2.87. The molecule has 2 amide bonds. The molecule has 0 saturated heterocycles. The first-order chi connectivity index (χ1) is 17.6. The van der Waals surface area contributed by atoms with Gasteiger partial charge in [0.15, 0.2) is 0 Å². The predicted octanol–water partition coefficient (Wildman–Crippen LogP) is 4.48. The van der Waals surface area contributed by atoms with Crippen LogP contribution in [0.3, 0.4) is 0 Å². The average Bonchev–Trinajstić information content (AvgIpc) is 2.87. The highest BCUT2D eigenvalue weighted by atomic mass is 32.2. The minimum Gasteiger partial charge on any atom is -0.352 e. The Kier molecular flexibility index (Phi) is 10.1. The number of amides is 2. The number of nitrogens with one attached hydrogen (secondary N) is 1. The predicted molar refractivity (Wildman–Crippen MR) is 149 cm³/mol. The highest BCUT2D eigenvalue weighted by Gasteiger charge is 2.31. The first-order valence-electron chi connectivity index (χ1n) is 13.3. The second-order valence-corrected chi connectivity index (χ2v) is 12.2. The van der Waals surface area contributed by atoms with E-state index in [2.05, 4.69) is 5.32 Å². The van der Waals surface area contributed by atoms with Gasteiger partial charge in [0.05, 0.1) is 11.9 Å². The van der Waals surface area contributed by atoms with Crippen LogP contribution in [0.5, 0.6) is 0 Å². The third-order valence-electron chi connectivity index (χ3n) is 7.11. The van der Waals surface area contributed by atoms with E-state index in [9.17, 15) is 18.0 Å². The van der Waals surface area contributed by atoms with E-state index < -0.39 is 22.0 Å². The number of carbonyl (C=O) groups excluding carboxylic acids is 2. The summed E-state index contributed by atoms with van der Waals surface area (Å²) in [7, 11) is -3.75. The molecule has 1 aliphatic carbocycles. The maximum absolute atomic E-state index is 13.8. The molecule has 1 saturated carbocycles. The summed E-state index contributed by atoms with van der Waals surface area (Å²) in [6, 6.07) is 16.4. The van der Waals surface area contributed by atoms with E-state index in [0.717, 1.165) is 43.1 Å². The Balaban J connectivity index is 1.86. The SMILES string of the molecule is CC(C)c1ccccc1N(CC(=O)N(CCc1ccccc1)[C@@H](C)C(=O)NC1CCCCC1)S(C)(=O)=O. The minimum absolute atomic E-state index is 0.0740. The van der Waals surface area contributed by atoms with Crippen molar-refractivity contribution in [2.45, 2.75) is 77.3 Å². The first kappa shape index (κ1) is 28.7. The van der Waals surface area contributed by atoms with Gasteiger partial charge in [-0.2, -0.15) is 0 Å². The van der Waals surface area contributed by atoms with Gasteiger partial charge in [-0.3, -0.25) is 13.9 Å². The third-order valence-corrected chi connectivity index (χ3v) is 8.24. The summed E-state index contributed by atoms with van der Waals surface area (Å²) in [5, 5.41) is 3.13. The molecule has 2 aromatic rings. The summed E-state index contributed by atoms with van der Waals surface area (Å²) in [6.45, 7) is 5.66. The zero-order chi connectivity index (χ0) is 27.0. The standard InChI is InChI=1S/C29H41N3O4S/c1-22(2)26-17-11-12-18-27(26)32(37(4,35)36)21-28(33)31(20-19-24-13-7-5-8-14-24)23(3)29(34)30-25-15-9-6-10-16-25/h5,7-8,11-14,17-18,22-23,25H,6,9-10,15-16,19-21H2,1-4H3,(H,30,34)/t23-/m0/s1. The maximum Gasteiger partial charge on any atom is 0.244 e. The fraction of sp³-hybridized carbons (Fsp3) is 0.517. The Morgan fingerprint density at radius 2 is 1.57 bits per heavy atom. The molecule has 7 nitrogen and oxygen atoms in total. The highest BCUT2D eigenvalue weighted by Crippen LogP contribution is 2.29. The molecule has 0 bridgehead atoms. The molecule has 202 valence electrons. The monoisotopic (exact) mass is 527 g/mol. The van der Waals surface area contributed by atoms with Crippen molar-refractivity contribution in [1.29, 1.82) is 0 Å². The number of hydrogen-bond donors (Lipinski definition) is 1. The molecule has 2 aromatic carbocycles. The van der Waals surface area contributed by atoms with E-state index in [1.54, 1.807) is 19.1 Å². The van der Waals surface area contributed by atoms with Gasteiger partial charge in [0.25, 0.3) is 0 Å². The Bertz CT molecular complexity index is 1140. The van der Waals surface area contributed by atoms with Crippen molar-refractivity contribution in [3.05, 3.63) is 65.7 Å². The number of carbonyl (C=O) groups is 2. The topological polar surface area (TPSA) is 86.8 Å². The Labute approximate surface area is 222 Å². The lowest BCUT2D eigenvalue weighted by atomic mass is 9.95. The van der Waals surface area contributed by atoms with Crippen LogP contribution in [0.25, 0.3) is 0 Å². The van der Waals surface area contributed by atoms with Crippen LogP contribution in [0.2, 0.25) is 0 Å². The van der Waals surface area contributed by atoms with Crippen LogP contribution in [-0.4, -0.2) is 56.6 Å². The molecule has 0 aromatic heterocycles. The largest absolute Gasteiger partial charge is 0.352 e. The number of anilines is 1. The normalized spacial score (nSPS) is 15.3. The van der Waals surface area contributed by atoms with Crippen molar-refractivity contribution in [2.24, 2.45) is 0 Å². The van der Waals surface area contributed by atoms with E-state index in [-0.39, 0.29) is 24.4 Å². The number of benzene rings is 2. The van der Waals surface area contributed by atoms with Crippen molar-refractivity contribution < 1.29 is 18.0 Å². The van der Waals surface area contributed by atoms with E-state index >= 15 is 0 Å². The van der Waals surface area contributed by atoms with Crippen LogP contribution >= 0.6 is 0 Å². The lowest BCUT2D eigenvalue weighted by Crippen LogP contribution is -2.53. The summed E-state index contributed by atoms with van der Waals surface area (Å²) in [4.78, 5) is 28.5. The van der Waals surface area contributed by atoms with Gasteiger partial charge in [0, 0.05) is 12.6 Å². The number of hydrogen-bond acceptors (Lipinski definition) is 4. The third kappa shape index (κ3) is 8.06. The molecule has 0 aliphatic heterocycles. The summed E-state index contributed by atoms with van der Waals surface area (Å²) < 4.78 is 26.9. The van der Waals surface area contributed by atoms with Gasteiger partial charge >= 0.3 is 0 Å². The second-order valence-electron chi connectivity index (χ2n) is 10.3. The lowest BCUT2D eigenvalue weighted by molar-refractivity contribution is -0.139. The van der Waals surface area contributed by atoms with Crippen LogP contribution in [0.15, 0.2) is 54.6 Å². The summed E-state index contributed by atoms with van der Waals surface area (Å²) in [6.07, 6.45) is 6.94. The molecule has 37 heavy (non-hydrogen) atoms. The molecular formula is C29H41N3O4S. The minimum atomic E-state index is -3.75. The molecule has 0 radical (unpaired) electrons. The molecule has 1 N–H and O–H groups in total. The summed E-state index contributed by atoms with van der Waals surface area (Å²) in [5.74, 6) is -0.516. The van der Waals surface area contributed by atoms with E-state index in [4.69, 9.17) is 0 Å². The Morgan fingerprint density at radius 1 is 0.946 bits per heavy atom. The van der Waals surface area contributed by atoms with Crippen molar-refractivity contribution in [3.63, 3.8) is 0 Å². The van der Waals surface area contributed by atoms with Gasteiger partial charge in [0.1, 0.15) is 12.6 Å². The number of para-hydroxylation sites is 1. The fourth-order valence-corrected chi connectivity index (χ4v) is 5.80. The number of nitrogens with zero attached hydrogens (tertiary/aromatic N) is 2. The highest BCUT2D eigenvalue weighted by molar-refractivity contribution is 7.92. The van der Waals surface area contributed by atoms with E-state index in [1.807, 2.05) is 56.3 Å². The van der Waals surface area contributed by atoms with Crippen LogP contribution in [0, 0.1) is 0 Å². The molecule has 3 rings (SSSR count). The van der Waals surface area contributed by atoms with Crippen LogP contribution in [0.1, 0.15) is 69.9 Å². The van der Waals surface area contributed by atoms with Gasteiger partial charge < -0.3 is 10.2 Å². The maximum atomic E-state index is 13.8. The van der Waals surface area contributed by atoms with Gasteiger partial charge in [-0.1, -0.05) is 81.6 Å². The van der Waals surface area contributed by atoms with Crippen molar-refractivity contribution in [3.8, 4) is 0 Å². The molecule has 1 fully saturated rings. The molecule has 8 heteroatoms. The Morgan fingerprint density at radius 3 is 2.19 bits per heavy atom. The first-order valence-corrected chi connectivity index (χ1v) is 15.1. The summed E-state index contributed by atoms with van der Waals surface area (Å²) >= 11 is 0. The molecule has 1 aliphatic rings. The smallest absolute Gasteiger partial charge is 0.244 e. The van der Waals surface area contributed by atoms with E-state index in [1.165, 1.54) is 15.6 Å². The average molecular weight is 528 g/mol. The van der Waals surface area contributed by atoms with Crippen molar-refractivity contribution in [1.82, 2.24) is 10.2 Å². The molecule has 1 atom stereocenters. The molecule has 0 unspecified atom stereocenters. The van der Waals surface area contributed by atoms with Gasteiger partial charge in [-0.25, -0.2) is 8.42 Å². The van der Waals surface area contributed by atoms with E-state index in [0.29, 0.717) is 18.7 Å². The lowest BCUT2D eigenvalue weighted by Gasteiger charge is -2.33. The number of rotatable bonds is 11. The fourth-order valence-electron chi connectivity index (χ4n) is 4.94.